The Morgan fingerprint density at radius 3 is 2.56 bits per heavy atom. The van der Waals surface area contributed by atoms with E-state index in [1.165, 1.54) is 0 Å². The minimum Gasteiger partial charge on any atom is -0.382 e. The fourth-order valence-corrected chi connectivity index (χ4v) is 2.78. The predicted molar refractivity (Wildman–Crippen MR) is 71.5 cm³/mol. The SMILES string of the molecule is CCS(=O)(=O)CCCNc1c(F)cc(F)cc1Br. The highest BCUT2D eigenvalue weighted by atomic mass is 79.9. The summed E-state index contributed by atoms with van der Waals surface area (Å²) >= 11 is 3.04. The molecule has 1 aromatic carbocycles. The number of nitrogens with one attached hydrogen (secondary N) is 1. The lowest BCUT2D eigenvalue weighted by atomic mass is 10.3. The Balaban J connectivity index is 2.55. The van der Waals surface area contributed by atoms with Gasteiger partial charge < -0.3 is 5.32 Å². The fourth-order valence-electron chi connectivity index (χ4n) is 1.36. The summed E-state index contributed by atoms with van der Waals surface area (Å²) in [5.74, 6) is -1.22. The van der Waals surface area contributed by atoms with E-state index in [1.54, 1.807) is 6.92 Å². The van der Waals surface area contributed by atoms with E-state index in [1.807, 2.05) is 0 Å². The van der Waals surface area contributed by atoms with Gasteiger partial charge in [0.2, 0.25) is 0 Å². The van der Waals surface area contributed by atoms with Crippen molar-refractivity contribution in [3.05, 3.63) is 28.2 Å². The molecule has 1 rings (SSSR count). The Morgan fingerprint density at radius 2 is 2.00 bits per heavy atom. The Kier molecular flexibility index (Phi) is 5.52. The molecule has 1 N–H and O–H groups in total. The van der Waals surface area contributed by atoms with Crippen molar-refractivity contribution in [2.45, 2.75) is 13.3 Å². The minimum absolute atomic E-state index is 0.0525. The van der Waals surface area contributed by atoms with Crippen LogP contribution < -0.4 is 5.32 Å². The van der Waals surface area contributed by atoms with Crippen LogP contribution in [-0.4, -0.2) is 26.5 Å². The highest BCUT2D eigenvalue weighted by Crippen LogP contribution is 2.26. The Bertz CT molecular complexity index is 497. The maximum Gasteiger partial charge on any atom is 0.150 e. The lowest BCUT2D eigenvalue weighted by molar-refractivity contribution is 0.583. The predicted octanol–water partition coefficient (Wildman–Crippen LogP) is 2.96. The van der Waals surface area contributed by atoms with Crippen molar-refractivity contribution in [1.29, 1.82) is 0 Å². The molecule has 0 bridgehead atoms. The first-order valence-corrected chi connectivity index (χ1v) is 8.06. The van der Waals surface area contributed by atoms with Crippen LogP contribution in [0.4, 0.5) is 14.5 Å². The molecule has 0 heterocycles. The van der Waals surface area contributed by atoms with E-state index >= 15 is 0 Å². The van der Waals surface area contributed by atoms with E-state index in [-0.39, 0.29) is 21.7 Å². The summed E-state index contributed by atoms with van der Waals surface area (Å²) in [5.41, 5.74) is 0.144. The number of hydrogen-bond acceptors (Lipinski definition) is 3. The van der Waals surface area contributed by atoms with E-state index in [0.29, 0.717) is 13.0 Å². The molecule has 0 aliphatic heterocycles. The second-order valence-electron chi connectivity index (χ2n) is 3.76. The average molecular weight is 342 g/mol. The maximum absolute atomic E-state index is 13.4. The molecule has 0 aliphatic carbocycles. The quantitative estimate of drug-likeness (QED) is 0.809. The van der Waals surface area contributed by atoms with Gasteiger partial charge in [-0.1, -0.05) is 6.92 Å². The third kappa shape index (κ3) is 4.53. The first-order chi connectivity index (χ1) is 8.35. The van der Waals surface area contributed by atoms with Crippen molar-refractivity contribution in [1.82, 2.24) is 0 Å². The van der Waals surface area contributed by atoms with Gasteiger partial charge in [-0.3, -0.25) is 0 Å². The van der Waals surface area contributed by atoms with Crippen LogP contribution in [0.3, 0.4) is 0 Å². The first-order valence-electron chi connectivity index (χ1n) is 5.44. The molecular weight excluding hydrogens is 328 g/mol. The molecule has 1 aromatic rings. The van der Waals surface area contributed by atoms with Crippen LogP contribution in [0.5, 0.6) is 0 Å². The van der Waals surface area contributed by atoms with Gasteiger partial charge in [-0.25, -0.2) is 17.2 Å². The van der Waals surface area contributed by atoms with Crippen LogP contribution >= 0.6 is 15.9 Å². The standard InChI is InChI=1S/C11H14BrF2NO2S/c1-2-18(16,17)5-3-4-15-11-9(12)6-8(13)7-10(11)14/h6-7,15H,2-5H2,1H3. The molecule has 102 valence electrons. The molecule has 0 fully saturated rings. The molecule has 18 heavy (non-hydrogen) atoms. The topological polar surface area (TPSA) is 46.2 Å². The lowest BCUT2D eigenvalue weighted by Gasteiger charge is -2.09. The van der Waals surface area contributed by atoms with E-state index in [9.17, 15) is 17.2 Å². The van der Waals surface area contributed by atoms with Crippen LogP contribution in [0.2, 0.25) is 0 Å². The lowest BCUT2D eigenvalue weighted by Crippen LogP contribution is -2.13. The van der Waals surface area contributed by atoms with Crippen LogP contribution in [0.15, 0.2) is 16.6 Å². The average Bonchev–Trinajstić information content (AvgIpc) is 2.26. The van der Waals surface area contributed by atoms with Crippen molar-refractivity contribution < 1.29 is 17.2 Å². The fraction of sp³-hybridized carbons (Fsp3) is 0.455. The van der Waals surface area contributed by atoms with Gasteiger partial charge in [0.25, 0.3) is 0 Å². The summed E-state index contributed by atoms with van der Waals surface area (Å²) in [6, 6.07) is 1.92. The third-order valence-electron chi connectivity index (χ3n) is 2.38. The van der Waals surface area contributed by atoms with Crippen LogP contribution in [0.25, 0.3) is 0 Å². The number of anilines is 1. The Hall–Kier alpha value is -0.690. The first kappa shape index (κ1) is 15.4. The molecule has 0 aliphatic rings. The van der Waals surface area contributed by atoms with Crippen LogP contribution in [0.1, 0.15) is 13.3 Å². The van der Waals surface area contributed by atoms with Crippen LogP contribution in [-0.2, 0) is 9.84 Å². The zero-order valence-electron chi connectivity index (χ0n) is 9.84. The van der Waals surface area contributed by atoms with E-state index in [2.05, 4.69) is 21.2 Å². The molecular formula is C11H14BrF2NO2S. The molecule has 0 amide bonds. The van der Waals surface area contributed by atoms with Crippen molar-refractivity contribution in [2.24, 2.45) is 0 Å². The molecule has 0 saturated heterocycles. The molecule has 7 heteroatoms. The van der Waals surface area contributed by atoms with Gasteiger partial charge in [0.1, 0.15) is 21.5 Å². The highest BCUT2D eigenvalue weighted by molar-refractivity contribution is 9.10. The highest BCUT2D eigenvalue weighted by Gasteiger charge is 2.10. The third-order valence-corrected chi connectivity index (χ3v) is 4.80. The second-order valence-corrected chi connectivity index (χ2v) is 7.09. The molecule has 0 unspecified atom stereocenters. The number of sulfone groups is 1. The Morgan fingerprint density at radius 1 is 1.33 bits per heavy atom. The maximum atomic E-state index is 13.4. The van der Waals surface area contributed by atoms with Gasteiger partial charge in [0, 0.05) is 22.8 Å². The summed E-state index contributed by atoms with van der Waals surface area (Å²) in [4.78, 5) is 0. The van der Waals surface area contributed by atoms with Gasteiger partial charge in [0.05, 0.1) is 11.4 Å². The normalized spacial score (nSPS) is 11.6. The molecule has 0 atom stereocenters. The summed E-state index contributed by atoms with van der Waals surface area (Å²) < 4.78 is 48.9. The number of halogens is 3. The van der Waals surface area contributed by atoms with Gasteiger partial charge >= 0.3 is 0 Å². The summed E-state index contributed by atoms with van der Waals surface area (Å²) in [6.07, 6.45) is 0.374. The van der Waals surface area contributed by atoms with Crippen LogP contribution in [0, 0.1) is 11.6 Å². The molecule has 0 aromatic heterocycles. The van der Waals surface area contributed by atoms with Gasteiger partial charge in [0.15, 0.2) is 0 Å². The second kappa shape index (κ2) is 6.47. The molecule has 0 saturated carbocycles. The van der Waals surface area contributed by atoms with Gasteiger partial charge in [-0.15, -0.1) is 0 Å². The van der Waals surface area contributed by atoms with E-state index in [0.717, 1.165) is 12.1 Å². The molecule has 0 spiro atoms. The van der Waals surface area contributed by atoms with Gasteiger partial charge in [-0.05, 0) is 28.4 Å². The van der Waals surface area contributed by atoms with Crippen molar-refractivity contribution >= 4 is 31.5 Å². The minimum atomic E-state index is -3.01. The number of rotatable bonds is 6. The number of hydrogen-bond donors (Lipinski definition) is 1. The Labute approximate surface area is 114 Å². The monoisotopic (exact) mass is 341 g/mol. The zero-order chi connectivity index (χ0) is 13.8. The zero-order valence-corrected chi connectivity index (χ0v) is 12.2. The van der Waals surface area contributed by atoms with Crippen molar-refractivity contribution in [2.75, 3.05) is 23.4 Å². The molecule has 3 nitrogen and oxygen atoms in total. The summed E-state index contributed by atoms with van der Waals surface area (Å²) in [5, 5.41) is 2.75. The largest absolute Gasteiger partial charge is 0.382 e. The van der Waals surface area contributed by atoms with Crippen molar-refractivity contribution in [3.8, 4) is 0 Å². The molecule has 0 radical (unpaired) electrons. The van der Waals surface area contributed by atoms with Gasteiger partial charge in [-0.2, -0.15) is 0 Å². The van der Waals surface area contributed by atoms with Crippen molar-refractivity contribution in [3.63, 3.8) is 0 Å². The van der Waals surface area contributed by atoms with E-state index < -0.39 is 21.5 Å². The number of benzene rings is 1. The van der Waals surface area contributed by atoms with E-state index in [4.69, 9.17) is 0 Å². The smallest absolute Gasteiger partial charge is 0.150 e. The summed E-state index contributed by atoms with van der Waals surface area (Å²) in [6.45, 7) is 1.89. The summed E-state index contributed by atoms with van der Waals surface area (Å²) in [7, 11) is -3.01.